The summed E-state index contributed by atoms with van der Waals surface area (Å²) in [6.07, 6.45) is 9.33. The molecular weight excluding hydrogens is 288 g/mol. The Balaban J connectivity index is 1.75. The second kappa shape index (κ2) is 8.48. The molecule has 2 aliphatic rings. The van der Waals surface area contributed by atoms with Gasteiger partial charge in [0.15, 0.2) is 0 Å². The van der Waals surface area contributed by atoms with Gasteiger partial charge in [0, 0.05) is 12.6 Å². The average Bonchev–Trinajstić information content (AvgIpc) is 2.40. The SMILES string of the molecule is CC(C)(C)[C@H]1CCN(CC(=O)NC2CCCCCCC2)C[C@H]1O. The molecule has 2 N–H and O–H groups in total. The van der Waals surface area contributed by atoms with Crippen LogP contribution in [0.4, 0.5) is 0 Å². The molecule has 1 saturated carbocycles. The largest absolute Gasteiger partial charge is 0.391 e. The van der Waals surface area contributed by atoms with Crippen LogP contribution < -0.4 is 5.32 Å². The number of amides is 1. The lowest BCUT2D eigenvalue weighted by Crippen LogP contribution is -2.51. The van der Waals surface area contributed by atoms with Gasteiger partial charge in [-0.3, -0.25) is 9.69 Å². The Bertz CT molecular complexity index is 370. The van der Waals surface area contributed by atoms with Crippen LogP contribution in [0.25, 0.3) is 0 Å². The van der Waals surface area contributed by atoms with E-state index in [0.717, 1.165) is 25.8 Å². The number of carbonyl (C=O) groups is 1. The fourth-order valence-electron chi connectivity index (χ4n) is 4.23. The molecule has 0 radical (unpaired) electrons. The minimum absolute atomic E-state index is 0.132. The van der Waals surface area contributed by atoms with Crippen molar-refractivity contribution in [3.05, 3.63) is 0 Å². The minimum Gasteiger partial charge on any atom is -0.391 e. The van der Waals surface area contributed by atoms with Crippen molar-refractivity contribution < 1.29 is 9.90 Å². The van der Waals surface area contributed by atoms with Crippen molar-refractivity contribution in [1.82, 2.24) is 10.2 Å². The van der Waals surface area contributed by atoms with Gasteiger partial charge in [0.25, 0.3) is 0 Å². The molecule has 1 saturated heterocycles. The van der Waals surface area contributed by atoms with Crippen LogP contribution in [0.15, 0.2) is 0 Å². The number of hydrogen-bond acceptors (Lipinski definition) is 3. The van der Waals surface area contributed by atoms with Crippen molar-refractivity contribution in [1.29, 1.82) is 0 Å². The molecule has 4 heteroatoms. The highest BCUT2D eigenvalue weighted by Gasteiger charge is 2.36. The molecule has 23 heavy (non-hydrogen) atoms. The number of rotatable bonds is 3. The van der Waals surface area contributed by atoms with Gasteiger partial charge in [-0.15, -0.1) is 0 Å². The van der Waals surface area contributed by atoms with Crippen LogP contribution >= 0.6 is 0 Å². The Kier molecular flexibility index (Phi) is 6.90. The number of carbonyl (C=O) groups excluding carboxylic acids is 1. The third kappa shape index (κ3) is 6.07. The van der Waals surface area contributed by atoms with Crippen molar-refractivity contribution >= 4 is 5.91 Å². The van der Waals surface area contributed by atoms with Gasteiger partial charge < -0.3 is 10.4 Å². The molecule has 0 aromatic heterocycles. The summed E-state index contributed by atoms with van der Waals surface area (Å²) in [4.78, 5) is 14.4. The molecule has 2 rings (SSSR count). The lowest BCUT2D eigenvalue weighted by atomic mass is 9.74. The molecule has 134 valence electrons. The van der Waals surface area contributed by atoms with Crippen LogP contribution in [-0.4, -0.2) is 47.7 Å². The maximum atomic E-state index is 12.3. The molecule has 1 heterocycles. The number of aliphatic hydroxyl groups excluding tert-OH is 1. The topological polar surface area (TPSA) is 52.6 Å². The van der Waals surface area contributed by atoms with Gasteiger partial charge in [-0.25, -0.2) is 0 Å². The van der Waals surface area contributed by atoms with E-state index in [4.69, 9.17) is 0 Å². The highest BCUT2D eigenvalue weighted by atomic mass is 16.3. The Morgan fingerprint density at radius 1 is 1.09 bits per heavy atom. The van der Waals surface area contributed by atoms with Gasteiger partial charge in [0.05, 0.1) is 12.6 Å². The summed E-state index contributed by atoms with van der Waals surface area (Å²) in [5.74, 6) is 0.462. The maximum Gasteiger partial charge on any atom is 0.234 e. The van der Waals surface area contributed by atoms with Crippen LogP contribution in [0.2, 0.25) is 0 Å². The fourth-order valence-corrected chi connectivity index (χ4v) is 4.23. The standard InChI is InChI=1S/C19H36N2O2/c1-19(2,3)16-11-12-21(13-17(16)22)14-18(23)20-15-9-7-5-4-6-8-10-15/h15-17,22H,4-14H2,1-3H3,(H,20,23)/t16-,17+/m0/s1. The van der Waals surface area contributed by atoms with Crippen molar-refractivity contribution in [2.75, 3.05) is 19.6 Å². The average molecular weight is 325 g/mol. The van der Waals surface area contributed by atoms with Gasteiger partial charge in [0.2, 0.25) is 5.91 Å². The smallest absolute Gasteiger partial charge is 0.234 e. The molecule has 2 atom stereocenters. The Morgan fingerprint density at radius 2 is 1.70 bits per heavy atom. The van der Waals surface area contributed by atoms with Crippen LogP contribution in [0.5, 0.6) is 0 Å². The van der Waals surface area contributed by atoms with E-state index in [1.165, 1.54) is 32.1 Å². The van der Waals surface area contributed by atoms with E-state index < -0.39 is 0 Å². The lowest BCUT2D eigenvalue weighted by molar-refractivity contribution is -0.124. The normalized spacial score (nSPS) is 28.9. The summed E-state index contributed by atoms with van der Waals surface area (Å²) in [6.45, 7) is 8.55. The number of aliphatic hydroxyl groups is 1. The molecule has 2 fully saturated rings. The summed E-state index contributed by atoms with van der Waals surface area (Å²) in [5.41, 5.74) is 0.132. The van der Waals surface area contributed by atoms with Gasteiger partial charge in [-0.05, 0) is 37.1 Å². The van der Waals surface area contributed by atoms with Crippen molar-refractivity contribution in [2.45, 2.75) is 84.3 Å². The molecule has 0 aromatic rings. The third-order valence-corrected chi connectivity index (χ3v) is 5.62. The van der Waals surface area contributed by atoms with Gasteiger partial charge >= 0.3 is 0 Å². The first kappa shape index (κ1) is 18.7. The van der Waals surface area contributed by atoms with Crippen molar-refractivity contribution in [3.63, 3.8) is 0 Å². The summed E-state index contributed by atoms with van der Waals surface area (Å²) in [7, 11) is 0. The Hall–Kier alpha value is -0.610. The zero-order valence-corrected chi connectivity index (χ0v) is 15.3. The molecule has 0 bridgehead atoms. The Labute approximate surface area is 142 Å². The van der Waals surface area contributed by atoms with E-state index in [1.54, 1.807) is 0 Å². The zero-order valence-electron chi connectivity index (χ0n) is 15.3. The quantitative estimate of drug-likeness (QED) is 0.839. The second-order valence-corrected chi connectivity index (χ2v) is 8.67. The summed E-state index contributed by atoms with van der Waals surface area (Å²) >= 11 is 0. The van der Waals surface area contributed by atoms with Crippen molar-refractivity contribution in [3.8, 4) is 0 Å². The monoisotopic (exact) mass is 324 g/mol. The number of nitrogens with one attached hydrogen (secondary N) is 1. The molecule has 0 aromatic carbocycles. The lowest BCUT2D eigenvalue weighted by Gasteiger charge is -2.42. The van der Waals surface area contributed by atoms with Crippen LogP contribution in [0.1, 0.15) is 72.1 Å². The predicted molar refractivity (Wildman–Crippen MR) is 94.3 cm³/mol. The first-order chi connectivity index (χ1) is 10.9. The summed E-state index contributed by atoms with van der Waals surface area (Å²) in [5, 5.41) is 13.6. The maximum absolute atomic E-state index is 12.3. The molecule has 4 nitrogen and oxygen atoms in total. The van der Waals surface area contributed by atoms with Gasteiger partial charge in [-0.1, -0.05) is 52.9 Å². The highest BCUT2D eigenvalue weighted by Crippen LogP contribution is 2.34. The number of likely N-dealkylation sites (tertiary alicyclic amines) is 1. The van der Waals surface area contributed by atoms with E-state index in [-0.39, 0.29) is 17.4 Å². The number of piperidine rings is 1. The summed E-state index contributed by atoms with van der Waals surface area (Å²) in [6, 6.07) is 0.361. The van der Waals surface area contributed by atoms with E-state index in [2.05, 4.69) is 31.0 Å². The molecular formula is C19H36N2O2. The van der Waals surface area contributed by atoms with E-state index in [0.29, 0.717) is 25.0 Å². The van der Waals surface area contributed by atoms with Gasteiger partial charge in [0.1, 0.15) is 0 Å². The van der Waals surface area contributed by atoms with Crippen LogP contribution in [0.3, 0.4) is 0 Å². The van der Waals surface area contributed by atoms with Crippen molar-refractivity contribution in [2.24, 2.45) is 11.3 Å². The second-order valence-electron chi connectivity index (χ2n) is 8.67. The molecule has 0 spiro atoms. The Morgan fingerprint density at radius 3 is 2.26 bits per heavy atom. The van der Waals surface area contributed by atoms with Gasteiger partial charge in [-0.2, -0.15) is 0 Å². The number of hydrogen-bond donors (Lipinski definition) is 2. The number of β-amino-alcohol motifs (C(OH)–C–C–N with tert-alkyl or cyclic N) is 1. The molecule has 1 aliphatic carbocycles. The molecule has 1 amide bonds. The molecule has 1 aliphatic heterocycles. The predicted octanol–water partition coefficient (Wildman–Crippen LogP) is 2.94. The summed E-state index contributed by atoms with van der Waals surface area (Å²) < 4.78 is 0. The van der Waals surface area contributed by atoms with Crippen LogP contribution in [-0.2, 0) is 4.79 Å². The first-order valence-electron chi connectivity index (χ1n) is 9.56. The highest BCUT2D eigenvalue weighted by molar-refractivity contribution is 5.78. The molecule has 0 unspecified atom stereocenters. The van der Waals surface area contributed by atoms with E-state index in [1.807, 2.05) is 0 Å². The van der Waals surface area contributed by atoms with Crippen LogP contribution in [0, 0.1) is 11.3 Å². The number of nitrogens with zero attached hydrogens (tertiary/aromatic N) is 1. The first-order valence-corrected chi connectivity index (χ1v) is 9.56. The third-order valence-electron chi connectivity index (χ3n) is 5.62. The minimum atomic E-state index is -0.321. The fraction of sp³-hybridized carbons (Fsp3) is 0.947. The van der Waals surface area contributed by atoms with E-state index in [9.17, 15) is 9.90 Å². The van der Waals surface area contributed by atoms with E-state index >= 15 is 0 Å². The zero-order chi connectivity index (χ0) is 16.9.